The molecule has 0 spiro atoms. The van der Waals surface area contributed by atoms with E-state index in [1.54, 1.807) is 6.26 Å². The van der Waals surface area contributed by atoms with Gasteiger partial charge in [0.2, 0.25) is 0 Å². The number of allylic oxidation sites excluding steroid dienone is 1. The lowest BCUT2D eigenvalue weighted by Crippen LogP contribution is -2.34. The van der Waals surface area contributed by atoms with Gasteiger partial charge in [-0.2, -0.15) is 0 Å². The van der Waals surface area contributed by atoms with Gasteiger partial charge in [-0.3, -0.25) is 4.90 Å². The van der Waals surface area contributed by atoms with Crippen molar-refractivity contribution in [2.45, 2.75) is 33.8 Å². The van der Waals surface area contributed by atoms with Crippen LogP contribution >= 0.6 is 0 Å². The number of hydrogen-bond acceptors (Lipinski definition) is 4. The molecule has 108 valence electrons. The zero-order valence-electron chi connectivity index (χ0n) is 12.4. The van der Waals surface area contributed by atoms with Crippen molar-refractivity contribution in [3.05, 3.63) is 12.3 Å². The maximum Gasteiger partial charge on any atom is 0.1000 e. The lowest BCUT2D eigenvalue weighted by Gasteiger charge is -2.22. The van der Waals surface area contributed by atoms with Gasteiger partial charge >= 0.3 is 0 Å². The highest BCUT2D eigenvalue weighted by molar-refractivity contribution is 4.66. The van der Waals surface area contributed by atoms with Crippen LogP contribution in [0.4, 0.5) is 0 Å². The molecule has 0 heterocycles. The Morgan fingerprint density at radius 1 is 1.06 bits per heavy atom. The molecule has 0 aromatic rings. The lowest BCUT2D eigenvalue weighted by molar-refractivity contribution is 0.0433. The predicted octanol–water partition coefficient (Wildman–Crippen LogP) is 2.30. The van der Waals surface area contributed by atoms with E-state index in [2.05, 4.69) is 18.7 Å². The Kier molecular flexibility index (Phi) is 12.5. The Morgan fingerprint density at radius 2 is 1.72 bits per heavy atom. The topological polar surface area (TPSA) is 30.9 Å². The molecule has 0 aliphatic rings. The van der Waals surface area contributed by atoms with E-state index in [4.69, 9.17) is 14.2 Å². The third-order valence-electron chi connectivity index (χ3n) is 2.37. The molecule has 0 fully saturated rings. The monoisotopic (exact) mass is 259 g/mol. The van der Waals surface area contributed by atoms with Crippen LogP contribution in [0.5, 0.6) is 0 Å². The molecule has 0 aliphatic carbocycles. The van der Waals surface area contributed by atoms with Crippen molar-refractivity contribution in [2.75, 3.05) is 46.1 Å². The molecule has 0 bridgehead atoms. The first-order chi connectivity index (χ1) is 8.70. The van der Waals surface area contributed by atoms with Crippen LogP contribution in [0.15, 0.2) is 12.3 Å². The fourth-order valence-corrected chi connectivity index (χ4v) is 1.44. The smallest absolute Gasteiger partial charge is 0.1000 e. The van der Waals surface area contributed by atoms with Crippen molar-refractivity contribution in [3.63, 3.8) is 0 Å². The van der Waals surface area contributed by atoms with Crippen LogP contribution in [0.3, 0.4) is 0 Å². The largest absolute Gasteiger partial charge is 0.500 e. The van der Waals surface area contributed by atoms with Crippen molar-refractivity contribution < 1.29 is 14.2 Å². The predicted molar refractivity (Wildman–Crippen MR) is 74.8 cm³/mol. The molecule has 0 aromatic heterocycles. The molecular formula is C14H29NO3. The molecule has 0 saturated carbocycles. The van der Waals surface area contributed by atoms with Gasteiger partial charge in [0.1, 0.15) is 0 Å². The summed E-state index contributed by atoms with van der Waals surface area (Å²) in [6.45, 7) is 13.8. The summed E-state index contributed by atoms with van der Waals surface area (Å²) in [6.07, 6.45) is 3.91. The van der Waals surface area contributed by atoms with Crippen LogP contribution in [0.2, 0.25) is 0 Å². The Hall–Kier alpha value is -0.580. The van der Waals surface area contributed by atoms with Gasteiger partial charge in [0.15, 0.2) is 0 Å². The summed E-state index contributed by atoms with van der Waals surface area (Å²) >= 11 is 0. The van der Waals surface area contributed by atoms with Crippen molar-refractivity contribution in [1.29, 1.82) is 0 Å². The van der Waals surface area contributed by atoms with Crippen LogP contribution in [-0.4, -0.2) is 57.1 Å². The van der Waals surface area contributed by atoms with Crippen LogP contribution in [0.25, 0.3) is 0 Å². The first kappa shape index (κ1) is 17.4. The zero-order valence-corrected chi connectivity index (χ0v) is 12.4. The van der Waals surface area contributed by atoms with E-state index in [1.165, 1.54) is 0 Å². The van der Waals surface area contributed by atoms with Crippen LogP contribution in [-0.2, 0) is 14.2 Å². The van der Waals surface area contributed by atoms with Gasteiger partial charge in [-0.1, -0.05) is 6.08 Å². The minimum Gasteiger partial charge on any atom is -0.500 e. The summed E-state index contributed by atoms with van der Waals surface area (Å²) in [5, 5.41) is 0. The average molecular weight is 259 g/mol. The summed E-state index contributed by atoms with van der Waals surface area (Å²) in [5.74, 6) is 0. The zero-order chi connectivity index (χ0) is 13.6. The second-order valence-corrected chi connectivity index (χ2v) is 4.30. The second-order valence-electron chi connectivity index (χ2n) is 4.30. The van der Waals surface area contributed by atoms with Gasteiger partial charge in [-0.25, -0.2) is 0 Å². The molecule has 0 atom stereocenters. The molecule has 0 unspecified atom stereocenters. The molecule has 4 nitrogen and oxygen atoms in total. The summed E-state index contributed by atoms with van der Waals surface area (Å²) in [5.41, 5.74) is 0. The van der Waals surface area contributed by atoms with E-state index < -0.39 is 0 Å². The highest BCUT2D eigenvalue weighted by Gasteiger charge is 2.05. The molecule has 0 rings (SSSR count). The fraction of sp³-hybridized carbons (Fsp3) is 0.857. The third kappa shape index (κ3) is 11.9. The van der Waals surface area contributed by atoms with Gasteiger partial charge in [-0.05, 0) is 27.7 Å². The lowest BCUT2D eigenvalue weighted by atomic mass is 10.4. The van der Waals surface area contributed by atoms with E-state index in [0.29, 0.717) is 6.61 Å². The maximum absolute atomic E-state index is 5.57. The molecule has 18 heavy (non-hydrogen) atoms. The Morgan fingerprint density at radius 3 is 2.33 bits per heavy atom. The Balaban J connectivity index is 3.76. The van der Waals surface area contributed by atoms with E-state index in [1.807, 2.05) is 19.9 Å². The second kappa shape index (κ2) is 12.9. The third-order valence-corrected chi connectivity index (χ3v) is 2.37. The fourth-order valence-electron chi connectivity index (χ4n) is 1.44. The molecule has 0 aliphatic heterocycles. The van der Waals surface area contributed by atoms with Crippen molar-refractivity contribution in [3.8, 4) is 0 Å². The summed E-state index contributed by atoms with van der Waals surface area (Å²) in [7, 11) is 0. The highest BCUT2D eigenvalue weighted by atomic mass is 16.5. The number of ether oxygens (including phenoxy) is 3. The molecule has 0 aromatic carbocycles. The normalized spacial score (nSPS) is 11.9. The van der Waals surface area contributed by atoms with E-state index >= 15 is 0 Å². The van der Waals surface area contributed by atoms with Gasteiger partial charge in [0.25, 0.3) is 0 Å². The number of rotatable bonds is 12. The maximum atomic E-state index is 5.57. The molecule has 0 N–H and O–H groups in total. The summed E-state index contributed by atoms with van der Waals surface area (Å²) in [4.78, 5) is 2.31. The van der Waals surface area contributed by atoms with Crippen molar-refractivity contribution >= 4 is 0 Å². The quantitative estimate of drug-likeness (QED) is 0.397. The molecule has 0 amide bonds. The van der Waals surface area contributed by atoms with Gasteiger partial charge in [0, 0.05) is 26.2 Å². The molecule has 4 heteroatoms. The molecular weight excluding hydrogens is 230 g/mol. The van der Waals surface area contributed by atoms with Crippen LogP contribution in [0, 0.1) is 0 Å². The van der Waals surface area contributed by atoms with Gasteiger partial charge in [0.05, 0.1) is 32.2 Å². The summed E-state index contributed by atoms with van der Waals surface area (Å²) < 4.78 is 16.3. The standard InChI is InChI=1S/C14H29NO3/c1-5-10-17-12-8-15(7-11-16-6-2)9-13-18-14(3)4/h5,10,14H,6-9,11-13H2,1-4H3/b10-5+. The first-order valence-electron chi connectivity index (χ1n) is 6.85. The summed E-state index contributed by atoms with van der Waals surface area (Å²) in [6, 6.07) is 0. The number of hydrogen-bond donors (Lipinski definition) is 0. The average Bonchev–Trinajstić information content (AvgIpc) is 2.33. The SMILES string of the molecule is C/C=C/OCCN(CCOCC)CCOC(C)C. The Labute approximate surface area is 112 Å². The minimum absolute atomic E-state index is 0.290. The van der Waals surface area contributed by atoms with E-state index in [-0.39, 0.29) is 6.10 Å². The van der Waals surface area contributed by atoms with Crippen molar-refractivity contribution in [2.24, 2.45) is 0 Å². The molecule has 0 saturated heterocycles. The van der Waals surface area contributed by atoms with Crippen LogP contribution in [0.1, 0.15) is 27.7 Å². The van der Waals surface area contributed by atoms with Gasteiger partial charge in [-0.15, -0.1) is 0 Å². The van der Waals surface area contributed by atoms with Gasteiger partial charge < -0.3 is 14.2 Å². The minimum atomic E-state index is 0.290. The highest BCUT2D eigenvalue weighted by Crippen LogP contribution is 1.94. The van der Waals surface area contributed by atoms with E-state index in [9.17, 15) is 0 Å². The van der Waals surface area contributed by atoms with E-state index in [0.717, 1.165) is 39.5 Å². The number of nitrogens with zero attached hydrogens (tertiary/aromatic N) is 1. The Bertz CT molecular complexity index is 195. The first-order valence-corrected chi connectivity index (χ1v) is 6.85. The molecule has 0 radical (unpaired) electrons. The van der Waals surface area contributed by atoms with Crippen LogP contribution < -0.4 is 0 Å². The van der Waals surface area contributed by atoms with Crippen molar-refractivity contribution in [1.82, 2.24) is 4.90 Å².